The van der Waals surface area contributed by atoms with Crippen molar-refractivity contribution in [2.24, 2.45) is 0 Å². The maximum absolute atomic E-state index is 11.4. The van der Waals surface area contributed by atoms with E-state index in [0.717, 1.165) is 11.1 Å². The number of carbonyl (C=O) groups excluding carboxylic acids is 1. The lowest BCUT2D eigenvalue weighted by molar-refractivity contribution is -0.131. The molecule has 0 aliphatic carbocycles. The van der Waals surface area contributed by atoms with E-state index in [0.29, 0.717) is 27.2 Å². The summed E-state index contributed by atoms with van der Waals surface area (Å²) in [4.78, 5) is 11.4. The molecule has 23 heavy (non-hydrogen) atoms. The lowest BCUT2D eigenvalue weighted by Gasteiger charge is -2.10. The molecule has 0 aliphatic rings. The third-order valence-corrected chi connectivity index (χ3v) is 3.87. The van der Waals surface area contributed by atoms with Gasteiger partial charge in [0.05, 0.1) is 4.47 Å². The van der Waals surface area contributed by atoms with Crippen molar-refractivity contribution in [3.8, 4) is 28.3 Å². The summed E-state index contributed by atoms with van der Waals surface area (Å²) in [6, 6.07) is 15.3. The van der Waals surface area contributed by atoms with Gasteiger partial charge in [-0.05, 0) is 40.5 Å². The van der Waals surface area contributed by atoms with Crippen LogP contribution in [0.2, 0.25) is 0 Å². The summed E-state index contributed by atoms with van der Waals surface area (Å²) in [5, 5.41) is 4.13. The van der Waals surface area contributed by atoms with Gasteiger partial charge in [-0.25, -0.2) is 0 Å². The molecule has 0 atom stereocenters. The van der Waals surface area contributed by atoms with E-state index in [2.05, 4.69) is 21.1 Å². The normalized spacial score (nSPS) is 10.6. The third-order valence-electron chi connectivity index (χ3n) is 3.28. The Bertz CT molecular complexity index is 856. The number of nitrogens with zero attached hydrogens (tertiary/aromatic N) is 1. The van der Waals surface area contributed by atoms with Crippen molar-refractivity contribution in [3.63, 3.8) is 0 Å². The number of hydrogen-bond acceptors (Lipinski definition) is 4. The summed E-state index contributed by atoms with van der Waals surface area (Å²) < 4.78 is 11.5. The molecule has 0 aliphatic heterocycles. The molecule has 1 heterocycles. The summed E-state index contributed by atoms with van der Waals surface area (Å²) >= 11 is 3.44. The van der Waals surface area contributed by atoms with Crippen LogP contribution in [0.4, 0.5) is 0 Å². The van der Waals surface area contributed by atoms with Crippen LogP contribution in [0.5, 0.6) is 5.75 Å². The topological polar surface area (TPSA) is 52.3 Å². The number of esters is 1. The maximum Gasteiger partial charge on any atom is 0.308 e. The van der Waals surface area contributed by atoms with Crippen LogP contribution in [0.1, 0.15) is 12.5 Å². The number of ether oxygens (including phenoxy) is 1. The van der Waals surface area contributed by atoms with E-state index in [9.17, 15) is 4.79 Å². The molecule has 4 nitrogen and oxygen atoms in total. The van der Waals surface area contributed by atoms with Gasteiger partial charge in [0, 0.05) is 24.1 Å². The Labute approximate surface area is 142 Å². The average Bonchev–Trinajstić information content (AvgIpc) is 3.00. The molecule has 0 unspecified atom stereocenters. The first-order valence-corrected chi connectivity index (χ1v) is 7.85. The van der Waals surface area contributed by atoms with E-state index < -0.39 is 0 Å². The Kier molecular flexibility index (Phi) is 4.30. The number of benzene rings is 2. The Balaban J connectivity index is 2.08. The van der Waals surface area contributed by atoms with E-state index in [1.165, 1.54) is 6.92 Å². The minimum Gasteiger partial charge on any atom is -0.425 e. The number of carbonyl (C=O) groups is 1. The van der Waals surface area contributed by atoms with Crippen molar-refractivity contribution in [2.45, 2.75) is 13.8 Å². The largest absolute Gasteiger partial charge is 0.425 e. The van der Waals surface area contributed by atoms with E-state index in [4.69, 9.17) is 9.26 Å². The number of hydrogen-bond donors (Lipinski definition) is 0. The summed E-state index contributed by atoms with van der Waals surface area (Å²) in [7, 11) is 0. The fraction of sp³-hybridized carbons (Fsp3) is 0.111. The van der Waals surface area contributed by atoms with Gasteiger partial charge in [-0.2, -0.15) is 0 Å². The zero-order valence-corrected chi connectivity index (χ0v) is 14.3. The smallest absolute Gasteiger partial charge is 0.308 e. The lowest BCUT2D eigenvalue weighted by Crippen LogP contribution is -2.03. The number of aromatic nitrogens is 1. The molecule has 5 heteroatoms. The molecule has 0 radical (unpaired) electrons. The second-order valence-corrected chi connectivity index (χ2v) is 6.01. The van der Waals surface area contributed by atoms with Crippen LogP contribution in [-0.4, -0.2) is 11.1 Å². The average molecular weight is 372 g/mol. The summed E-state index contributed by atoms with van der Waals surface area (Å²) in [6.45, 7) is 3.33. The molecule has 3 aromatic rings. The maximum atomic E-state index is 11.4. The highest BCUT2D eigenvalue weighted by Crippen LogP contribution is 2.38. The molecule has 116 valence electrons. The molecule has 1 aromatic heterocycles. The number of rotatable bonds is 3. The molecule has 0 N–H and O–H groups in total. The van der Waals surface area contributed by atoms with Crippen LogP contribution in [0.3, 0.4) is 0 Å². The first-order chi connectivity index (χ1) is 11.0. The molecular formula is C18H14BrNO3. The van der Waals surface area contributed by atoms with Gasteiger partial charge in [0.15, 0.2) is 11.5 Å². The highest BCUT2D eigenvalue weighted by molar-refractivity contribution is 9.10. The highest BCUT2D eigenvalue weighted by atomic mass is 79.9. The molecule has 2 aromatic carbocycles. The second-order valence-electron chi connectivity index (χ2n) is 5.16. The lowest BCUT2D eigenvalue weighted by atomic mass is 10.1. The van der Waals surface area contributed by atoms with Crippen LogP contribution in [0.25, 0.3) is 22.6 Å². The summed E-state index contributed by atoms with van der Waals surface area (Å²) in [5.74, 6) is 0.714. The van der Waals surface area contributed by atoms with Gasteiger partial charge in [0.1, 0.15) is 5.69 Å². The van der Waals surface area contributed by atoms with Crippen LogP contribution in [-0.2, 0) is 4.79 Å². The van der Waals surface area contributed by atoms with Gasteiger partial charge >= 0.3 is 5.97 Å². The fourth-order valence-electron chi connectivity index (χ4n) is 2.31. The van der Waals surface area contributed by atoms with Crippen molar-refractivity contribution in [1.82, 2.24) is 5.16 Å². The predicted molar refractivity (Wildman–Crippen MR) is 91.1 cm³/mol. The van der Waals surface area contributed by atoms with E-state index in [1.807, 2.05) is 55.5 Å². The minimum absolute atomic E-state index is 0.386. The number of halogens is 1. The highest BCUT2D eigenvalue weighted by Gasteiger charge is 2.17. The summed E-state index contributed by atoms with van der Waals surface area (Å²) in [5.41, 5.74) is 3.28. The number of aryl methyl sites for hydroxylation is 1. The Morgan fingerprint density at radius 1 is 1.17 bits per heavy atom. The van der Waals surface area contributed by atoms with E-state index >= 15 is 0 Å². The van der Waals surface area contributed by atoms with E-state index in [1.54, 1.807) is 0 Å². The van der Waals surface area contributed by atoms with Gasteiger partial charge in [-0.3, -0.25) is 4.79 Å². The molecular weight excluding hydrogens is 358 g/mol. The first kappa shape index (κ1) is 15.5. The Morgan fingerprint density at radius 2 is 1.91 bits per heavy atom. The van der Waals surface area contributed by atoms with Crippen LogP contribution >= 0.6 is 15.9 Å². The Hall–Kier alpha value is -2.40. The Morgan fingerprint density at radius 3 is 2.61 bits per heavy atom. The summed E-state index contributed by atoms with van der Waals surface area (Å²) in [6.07, 6.45) is 0. The van der Waals surface area contributed by atoms with E-state index in [-0.39, 0.29) is 5.97 Å². The molecule has 0 bridgehead atoms. The van der Waals surface area contributed by atoms with Crippen LogP contribution < -0.4 is 4.74 Å². The molecule has 0 spiro atoms. The van der Waals surface area contributed by atoms with Crippen molar-refractivity contribution in [3.05, 3.63) is 58.6 Å². The third kappa shape index (κ3) is 3.35. The van der Waals surface area contributed by atoms with Crippen molar-refractivity contribution < 1.29 is 14.1 Å². The van der Waals surface area contributed by atoms with Crippen molar-refractivity contribution in [2.75, 3.05) is 0 Å². The van der Waals surface area contributed by atoms with Crippen molar-refractivity contribution >= 4 is 21.9 Å². The zero-order valence-electron chi connectivity index (χ0n) is 12.7. The molecule has 3 rings (SSSR count). The minimum atomic E-state index is -0.386. The fourth-order valence-corrected chi connectivity index (χ4v) is 2.96. The van der Waals surface area contributed by atoms with Gasteiger partial charge in [-0.1, -0.05) is 35.5 Å². The van der Waals surface area contributed by atoms with Crippen LogP contribution in [0.15, 0.2) is 57.5 Å². The van der Waals surface area contributed by atoms with Crippen LogP contribution in [0, 0.1) is 6.92 Å². The first-order valence-electron chi connectivity index (χ1n) is 7.05. The van der Waals surface area contributed by atoms with Gasteiger partial charge in [0.2, 0.25) is 0 Å². The predicted octanol–water partition coefficient (Wildman–Crippen LogP) is 5.00. The molecule has 0 saturated heterocycles. The molecule has 0 saturated carbocycles. The molecule has 0 amide bonds. The molecule has 0 fully saturated rings. The van der Waals surface area contributed by atoms with Gasteiger partial charge in [-0.15, -0.1) is 0 Å². The quantitative estimate of drug-likeness (QED) is 0.479. The zero-order chi connectivity index (χ0) is 16.4. The second kappa shape index (κ2) is 6.38. The standard InChI is InChI=1S/C18H14BrNO3/c1-11-8-14(18(15(19)9-11)22-12(2)21)16-10-17(23-20-16)13-6-4-3-5-7-13/h3-10H,1-2H3. The van der Waals surface area contributed by atoms with Crippen molar-refractivity contribution in [1.29, 1.82) is 0 Å². The van der Waals surface area contributed by atoms with Gasteiger partial charge < -0.3 is 9.26 Å². The monoisotopic (exact) mass is 371 g/mol. The van der Waals surface area contributed by atoms with Gasteiger partial charge in [0.25, 0.3) is 0 Å². The SMILES string of the molecule is CC(=O)Oc1c(Br)cc(C)cc1-c1cc(-c2ccccc2)on1.